The zero-order valence-corrected chi connectivity index (χ0v) is 16.9. The number of ether oxygens (including phenoxy) is 1. The van der Waals surface area contributed by atoms with Crippen LogP contribution in [0.5, 0.6) is 5.75 Å². The quantitative estimate of drug-likeness (QED) is 0.483. The Morgan fingerprint density at radius 2 is 2.07 bits per heavy atom. The van der Waals surface area contributed by atoms with Crippen LogP contribution < -0.4 is 10.3 Å². The van der Waals surface area contributed by atoms with Gasteiger partial charge in [0, 0.05) is 30.7 Å². The number of aryl methyl sites for hydroxylation is 1. The average Bonchev–Trinajstić information content (AvgIpc) is 3.14. The number of rotatable bonds is 4. The Kier molecular flexibility index (Phi) is 4.98. The van der Waals surface area contributed by atoms with Gasteiger partial charge in [0.15, 0.2) is 11.6 Å². The second kappa shape index (κ2) is 7.49. The normalized spacial score (nSPS) is 16.9. The molecule has 1 fully saturated rings. The van der Waals surface area contributed by atoms with E-state index in [1.54, 1.807) is 13.0 Å². The van der Waals surface area contributed by atoms with Gasteiger partial charge in [0.1, 0.15) is 5.82 Å². The molecule has 2 heterocycles. The highest BCUT2D eigenvalue weighted by Gasteiger charge is 2.28. The fourth-order valence-corrected chi connectivity index (χ4v) is 4.03. The van der Waals surface area contributed by atoms with Gasteiger partial charge in [0.25, 0.3) is 11.2 Å². The molecule has 0 bridgehead atoms. The molecular weight excluding hydrogens is 391 g/mol. The van der Waals surface area contributed by atoms with Crippen molar-refractivity contribution < 1.29 is 14.1 Å². The number of fused-ring (bicyclic) bond motifs is 1. The number of likely N-dealkylation sites (tertiary alicyclic amines) is 1. The van der Waals surface area contributed by atoms with Crippen molar-refractivity contribution in [1.29, 1.82) is 0 Å². The molecule has 1 aliphatic heterocycles. The lowest BCUT2D eigenvalue weighted by Crippen LogP contribution is -2.27. The van der Waals surface area contributed by atoms with Crippen LogP contribution in [0.15, 0.2) is 35.1 Å². The number of aromatic nitrogens is 2. The summed E-state index contributed by atoms with van der Waals surface area (Å²) < 4.78 is 20.8. The first kappa shape index (κ1) is 20.0. The first-order valence-electron chi connectivity index (χ1n) is 9.54. The third-order valence-electron chi connectivity index (χ3n) is 5.54. The van der Waals surface area contributed by atoms with E-state index in [9.17, 15) is 19.3 Å². The minimum atomic E-state index is -0.605. The molecule has 30 heavy (non-hydrogen) atoms. The van der Waals surface area contributed by atoms with Gasteiger partial charge in [-0.1, -0.05) is 0 Å². The van der Waals surface area contributed by atoms with Crippen LogP contribution in [0.25, 0.3) is 16.6 Å². The molecule has 156 valence electrons. The van der Waals surface area contributed by atoms with Crippen molar-refractivity contribution in [1.82, 2.24) is 14.5 Å². The Hall–Kier alpha value is -3.33. The lowest BCUT2D eigenvalue weighted by atomic mass is 10.1. The summed E-state index contributed by atoms with van der Waals surface area (Å²) in [5.74, 6) is -0.0360. The third kappa shape index (κ3) is 3.30. The van der Waals surface area contributed by atoms with Crippen molar-refractivity contribution in [3.8, 4) is 11.4 Å². The van der Waals surface area contributed by atoms with E-state index in [1.165, 1.54) is 35.9 Å². The molecule has 1 aliphatic rings. The summed E-state index contributed by atoms with van der Waals surface area (Å²) in [6, 6.07) is 6.91. The van der Waals surface area contributed by atoms with Gasteiger partial charge >= 0.3 is 0 Å². The van der Waals surface area contributed by atoms with Crippen molar-refractivity contribution in [3.05, 3.63) is 68.0 Å². The molecule has 0 aliphatic carbocycles. The summed E-state index contributed by atoms with van der Waals surface area (Å²) in [4.78, 5) is 31.2. The van der Waals surface area contributed by atoms with Crippen molar-refractivity contribution in [2.45, 2.75) is 19.3 Å². The number of nitrogens with zero attached hydrogens (tertiary/aromatic N) is 4. The molecule has 0 spiro atoms. The second-order valence-corrected chi connectivity index (χ2v) is 7.59. The number of nitro benzene ring substituents is 1. The van der Waals surface area contributed by atoms with Crippen molar-refractivity contribution in [2.24, 2.45) is 0 Å². The van der Waals surface area contributed by atoms with E-state index in [2.05, 4.69) is 4.90 Å². The zero-order valence-electron chi connectivity index (χ0n) is 16.9. The summed E-state index contributed by atoms with van der Waals surface area (Å²) >= 11 is 0. The minimum absolute atomic E-state index is 0.0214. The van der Waals surface area contributed by atoms with Crippen LogP contribution in [0.3, 0.4) is 0 Å². The number of hydrogen-bond donors (Lipinski definition) is 0. The van der Waals surface area contributed by atoms with Gasteiger partial charge in [0.2, 0.25) is 0 Å². The Morgan fingerprint density at radius 3 is 2.67 bits per heavy atom. The SMILES string of the molecule is COc1ccc(-n2c(C3CCN(C)C3)nc3c(C)cc([N+](=O)[O-])cc3c2=O)cc1F. The molecule has 4 rings (SSSR count). The lowest BCUT2D eigenvalue weighted by Gasteiger charge is -2.19. The predicted octanol–water partition coefficient (Wildman–Crippen LogP) is 3.17. The van der Waals surface area contributed by atoms with E-state index >= 15 is 0 Å². The number of non-ortho nitro benzene ring substituents is 1. The molecule has 1 atom stereocenters. The molecular formula is C21H21FN4O4. The largest absolute Gasteiger partial charge is 0.494 e. The Balaban J connectivity index is 2.04. The Morgan fingerprint density at radius 1 is 1.30 bits per heavy atom. The highest BCUT2D eigenvalue weighted by Crippen LogP contribution is 2.30. The maximum Gasteiger partial charge on any atom is 0.270 e. The van der Waals surface area contributed by atoms with Gasteiger partial charge < -0.3 is 9.64 Å². The number of nitro groups is 1. The van der Waals surface area contributed by atoms with Gasteiger partial charge in [-0.05, 0) is 44.6 Å². The summed E-state index contributed by atoms with van der Waals surface area (Å²) in [7, 11) is 3.36. The van der Waals surface area contributed by atoms with Crippen molar-refractivity contribution in [3.63, 3.8) is 0 Å². The van der Waals surface area contributed by atoms with Crippen molar-refractivity contribution in [2.75, 3.05) is 27.2 Å². The molecule has 1 aromatic heterocycles. The van der Waals surface area contributed by atoms with Gasteiger partial charge in [-0.3, -0.25) is 19.5 Å². The topological polar surface area (TPSA) is 90.5 Å². The fourth-order valence-electron chi connectivity index (χ4n) is 4.03. The van der Waals surface area contributed by atoms with Crippen LogP contribution in [-0.4, -0.2) is 46.6 Å². The van der Waals surface area contributed by atoms with Crippen LogP contribution in [0, 0.1) is 22.9 Å². The van der Waals surface area contributed by atoms with Gasteiger partial charge in [-0.15, -0.1) is 0 Å². The second-order valence-electron chi connectivity index (χ2n) is 7.59. The van der Waals surface area contributed by atoms with E-state index in [0.717, 1.165) is 13.0 Å². The van der Waals surface area contributed by atoms with Gasteiger partial charge in [-0.25, -0.2) is 9.37 Å². The summed E-state index contributed by atoms with van der Waals surface area (Å²) in [5.41, 5.74) is 0.652. The van der Waals surface area contributed by atoms with E-state index in [0.29, 0.717) is 29.1 Å². The molecule has 9 heteroatoms. The monoisotopic (exact) mass is 412 g/mol. The molecule has 0 N–H and O–H groups in total. The molecule has 0 saturated carbocycles. The number of benzene rings is 2. The van der Waals surface area contributed by atoms with Crippen LogP contribution in [-0.2, 0) is 0 Å². The standard InChI is InChI=1S/C21H21FN4O4/c1-12-8-15(26(28)29)9-16-19(12)23-20(13-6-7-24(2)11-13)25(21(16)27)14-4-5-18(30-3)17(22)10-14/h4-5,8-10,13H,6-7,11H2,1-3H3. The zero-order chi connectivity index (χ0) is 21.6. The van der Waals surface area contributed by atoms with Crippen LogP contribution >= 0.6 is 0 Å². The highest BCUT2D eigenvalue weighted by atomic mass is 19.1. The molecule has 3 aromatic rings. The van der Waals surface area contributed by atoms with E-state index in [1.807, 2.05) is 7.05 Å². The Labute approximate surface area is 171 Å². The number of hydrogen-bond acceptors (Lipinski definition) is 6. The van der Waals surface area contributed by atoms with Crippen molar-refractivity contribution >= 4 is 16.6 Å². The maximum absolute atomic E-state index is 14.4. The number of halogens is 1. The fraction of sp³-hybridized carbons (Fsp3) is 0.333. The number of methoxy groups -OCH3 is 1. The molecule has 0 amide bonds. The molecule has 0 radical (unpaired) electrons. The smallest absolute Gasteiger partial charge is 0.270 e. The first-order valence-corrected chi connectivity index (χ1v) is 9.54. The Bertz CT molecular complexity index is 1220. The predicted molar refractivity (Wildman–Crippen MR) is 110 cm³/mol. The summed E-state index contributed by atoms with van der Waals surface area (Å²) in [5, 5.41) is 11.4. The molecule has 8 nitrogen and oxygen atoms in total. The summed E-state index contributed by atoms with van der Waals surface area (Å²) in [6.07, 6.45) is 0.805. The minimum Gasteiger partial charge on any atom is -0.494 e. The van der Waals surface area contributed by atoms with E-state index in [-0.39, 0.29) is 22.7 Å². The van der Waals surface area contributed by atoms with E-state index in [4.69, 9.17) is 9.72 Å². The summed E-state index contributed by atoms with van der Waals surface area (Å²) in [6.45, 7) is 3.26. The van der Waals surface area contributed by atoms with E-state index < -0.39 is 16.3 Å². The van der Waals surface area contributed by atoms with Crippen LogP contribution in [0.1, 0.15) is 23.7 Å². The molecule has 2 aromatic carbocycles. The molecule has 1 saturated heterocycles. The van der Waals surface area contributed by atoms with Gasteiger partial charge in [-0.2, -0.15) is 0 Å². The van der Waals surface area contributed by atoms with Crippen LogP contribution in [0.2, 0.25) is 0 Å². The maximum atomic E-state index is 14.4. The number of likely N-dealkylation sites (N-methyl/N-ethyl adjacent to an activating group) is 1. The van der Waals surface area contributed by atoms with Gasteiger partial charge in [0.05, 0.1) is 28.6 Å². The average molecular weight is 412 g/mol. The third-order valence-corrected chi connectivity index (χ3v) is 5.54. The molecule has 1 unspecified atom stereocenters. The first-order chi connectivity index (χ1) is 14.3. The van der Waals surface area contributed by atoms with Crippen LogP contribution in [0.4, 0.5) is 10.1 Å². The highest BCUT2D eigenvalue weighted by molar-refractivity contribution is 5.84. The lowest BCUT2D eigenvalue weighted by molar-refractivity contribution is -0.384.